The molecule has 1 N–H and O–H groups in total. The van der Waals surface area contributed by atoms with Gasteiger partial charge < -0.3 is 5.32 Å². The third kappa shape index (κ3) is 1.89. The minimum Gasteiger partial charge on any atom is -0.316 e. The van der Waals surface area contributed by atoms with E-state index in [2.05, 4.69) is 24.2 Å². The van der Waals surface area contributed by atoms with Gasteiger partial charge in [-0.1, -0.05) is 6.42 Å². The Morgan fingerprint density at radius 1 is 1.38 bits per heavy atom. The second-order valence-corrected chi connectivity index (χ2v) is 4.73. The summed E-state index contributed by atoms with van der Waals surface area (Å²) in [5, 5.41) is 3.33. The van der Waals surface area contributed by atoms with Gasteiger partial charge in [0.15, 0.2) is 0 Å². The Bertz CT molecular complexity index is 169. The summed E-state index contributed by atoms with van der Waals surface area (Å²) < 4.78 is 0. The normalized spacial score (nSPS) is 36.5. The second kappa shape index (κ2) is 3.97. The van der Waals surface area contributed by atoms with Crippen LogP contribution in [0.25, 0.3) is 0 Å². The van der Waals surface area contributed by atoms with Gasteiger partial charge in [0, 0.05) is 18.6 Å². The van der Waals surface area contributed by atoms with Crippen molar-refractivity contribution in [3.63, 3.8) is 0 Å². The SMILES string of the molecule is CN[C@@H](C)CN1CCC2CCCC21. The Hall–Kier alpha value is -0.0800. The topological polar surface area (TPSA) is 15.3 Å². The first-order valence-corrected chi connectivity index (χ1v) is 5.72. The van der Waals surface area contributed by atoms with Crippen molar-refractivity contribution in [2.24, 2.45) is 5.92 Å². The Labute approximate surface area is 81.7 Å². The fourth-order valence-corrected chi connectivity index (χ4v) is 3.00. The van der Waals surface area contributed by atoms with Gasteiger partial charge in [-0.05, 0) is 45.7 Å². The van der Waals surface area contributed by atoms with Gasteiger partial charge in [0.05, 0.1) is 0 Å². The highest BCUT2D eigenvalue weighted by Crippen LogP contribution is 2.37. The first kappa shape index (κ1) is 9.47. The van der Waals surface area contributed by atoms with E-state index in [0.717, 1.165) is 12.0 Å². The number of likely N-dealkylation sites (tertiary alicyclic amines) is 1. The molecule has 13 heavy (non-hydrogen) atoms. The first-order valence-electron chi connectivity index (χ1n) is 5.72. The van der Waals surface area contributed by atoms with E-state index in [1.54, 1.807) is 0 Å². The Morgan fingerprint density at radius 3 is 3.00 bits per heavy atom. The molecular formula is C11H22N2. The number of hydrogen-bond acceptors (Lipinski definition) is 2. The second-order valence-electron chi connectivity index (χ2n) is 4.73. The van der Waals surface area contributed by atoms with E-state index in [-0.39, 0.29) is 0 Å². The lowest BCUT2D eigenvalue weighted by Crippen LogP contribution is -2.40. The molecule has 2 aliphatic rings. The predicted molar refractivity (Wildman–Crippen MR) is 55.8 cm³/mol. The van der Waals surface area contributed by atoms with Crippen LogP contribution in [-0.4, -0.2) is 37.1 Å². The summed E-state index contributed by atoms with van der Waals surface area (Å²) in [6, 6.07) is 1.59. The van der Waals surface area contributed by atoms with Crippen LogP contribution in [0.5, 0.6) is 0 Å². The van der Waals surface area contributed by atoms with Crippen molar-refractivity contribution in [2.75, 3.05) is 20.1 Å². The Morgan fingerprint density at radius 2 is 2.23 bits per heavy atom. The summed E-state index contributed by atoms with van der Waals surface area (Å²) >= 11 is 0. The number of nitrogens with zero attached hydrogens (tertiary/aromatic N) is 1. The molecule has 1 saturated carbocycles. The smallest absolute Gasteiger partial charge is 0.0163 e. The lowest BCUT2D eigenvalue weighted by molar-refractivity contribution is 0.222. The molecule has 2 rings (SSSR count). The van der Waals surface area contributed by atoms with E-state index < -0.39 is 0 Å². The third-order valence-corrected chi connectivity index (χ3v) is 3.88. The number of fused-ring (bicyclic) bond motifs is 1. The summed E-state index contributed by atoms with van der Waals surface area (Å²) in [6.45, 7) is 4.88. The molecule has 1 aliphatic heterocycles. The van der Waals surface area contributed by atoms with Crippen molar-refractivity contribution in [3.05, 3.63) is 0 Å². The summed E-state index contributed by atoms with van der Waals surface area (Å²) in [4.78, 5) is 2.71. The number of nitrogens with one attached hydrogen (secondary N) is 1. The van der Waals surface area contributed by atoms with Gasteiger partial charge in [-0.15, -0.1) is 0 Å². The molecule has 2 nitrogen and oxygen atoms in total. The molecule has 1 aliphatic carbocycles. The molecule has 2 fully saturated rings. The minimum absolute atomic E-state index is 0.652. The fourth-order valence-electron chi connectivity index (χ4n) is 3.00. The van der Waals surface area contributed by atoms with Gasteiger partial charge in [0.2, 0.25) is 0 Å². The van der Waals surface area contributed by atoms with Crippen LogP contribution in [0.3, 0.4) is 0 Å². The summed E-state index contributed by atoms with van der Waals surface area (Å²) in [5.74, 6) is 1.05. The Balaban J connectivity index is 1.86. The molecule has 0 aromatic rings. The van der Waals surface area contributed by atoms with Crippen molar-refractivity contribution in [2.45, 2.75) is 44.7 Å². The zero-order valence-electron chi connectivity index (χ0n) is 8.92. The van der Waals surface area contributed by atoms with Gasteiger partial charge in [-0.25, -0.2) is 0 Å². The van der Waals surface area contributed by atoms with E-state index in [1.165, 1.54) is 38.8 Å². The van der Waals surface area contributed by atoms with E-state index in [1.807, 2.05) is 0 Å². The standard InChI is InChI=1S/C11H22N2/c1-9(12-2)8-13-7-6-10-4-3-5-11(10)13/h9-12H,3-8H2,1-2H3/t9-,10?,11?/m0/s1. The van der Waals surface area contributed by atoms with Crippen LogP contribution in [0.4, 0.5) is 0 Å². The maximum atomic E-state index is 3.33. The average Bonchev–Trinajstić information content (AvgIpc) is 2.69. The Kier molecular flexibility index (Phi) is 2.89. The number of hydrogen-bond donors (Lipinski definition) is 1. The molecule has 1 saturated heterocycles. The highest BCUT2D eigenvalue weighted by atomic mass is 15.2. The predicted octanol–water partition coefficient (Wildman–Crippen LogP) is 1.47. The van der Waals surface area contributed by atoms with Gasteiger partial charge in [0.25, 0.3) is 0 Å². The summed E-state index contributed by atoms with van der Waals surface area (Å²) in [5.41, 5.74) is 0. The third-order valence-electron chi connectivity index (χ3n) is 3.88. The molecule has 0 spiro atoms. The molecule has 3 atom stereocenters. The van der Waals surface area contributed by atoms with Crippen LogP contribution in [-0.2, 0) is 0 Å². The van der Waals surface area contributed by atoms with Crippen LogP contribution in [0.2, 0.25) is 0 Å². The fraction of sp³-hybridized carbons (Fsp3) is 1.00. The zero-order valence-corrected chi connectivity index (χ0v) is 8.92. The van der Waals surface area contributed by atoms with Crippen molar-refractivity contribution in [1.82, 2.24) is 10.2 Å². The van der Waals surface area contributed by atoms with Crippen molar-refractivity contribution >= 4 is 0 Å². The maximum Gasteiger partial charge on any atom is 0.0163 e. The van der Waals surface area contributed by atoms with Gasteiger partial charge >= 0.3 is 0 Å². The minimum atomic E-state index is 0.652. The lowest BCUT2D eigenvalue weighted by Gasteiger charge is -2.26. The van der Waals surface area contributed by atoms with E-state index in [9.17, 15) is 0 Å². The quantitative estimate of drug-likeness (QED) is 0.711. The van der Waals surface area contributed by atoms with E-state index >= 15 is 0 Å². The van der Waals surface area contributed by atoms with E-state index in [0.29, 0.717) is 6.04 Å². The molecule has 0 radical (unpaired) electrons. The van der Waals surface area contributed by atoms with Crippen LogP contribution in [0.15, 0.2) is 0 Å². The number of likely N-dealkylation sites (N-methyl/N-ethyl adjacent to an activating group) is 1. The molecule has 0 aromatic carbocycles. The zero-order chi connectivity index (χ0) is 9.26. The lowest BCUT2D eigenvalue weighted by atomic mass is 10.0. The molecule has 76 valence electrons. The molecule has 0 amide bonds. The average molecular weight is 182 g/mol. The molecule has 1 heterocycles. The van der Waals surface area contributed by atoms with Gasteiger partial charge in [-0.3, -0.25) is 4.90 Å². The molecule has 0 aromatic heterocycles. The molecular weight excluding hydrogens is 160 g/mol. The highest BCUT2D eigenvalue weighted by molar-refractivity contribution is 4.92. The summed E-state index contributed by atoms with van der Waals surface area (Å²) in [7, 11) is 2.06. The van der Waals surface area contributed by atoms with Gasteiger partial charge in [0.1, 0.15) is 0 Å². The first-order chi connectivity index (χ1) is 6.31. The highest BCUT2D eigenvalue weighted by Gasteiger charge is 2.37. The van der Waals surface area contributed by atoms with Crippen LogP contribution < -0.4 is 5.32 Å². The molecule has 2 unspecified atom stereocenters. The molecule has 0 bridgehead atoms. The summed E-state index contributed by atoms with van der Waals surface area (Å²) in [6.07, 6.45) is 5.89. The largest absolute Gasteiger partial charge is 0.316 e. The van der Waals surface area contributed by atoms with Crippen molar-refractivity contribution < 1.29 is 0 Å². The van der Waals surface area contributed by atoms with Crippen molar-refractivity contribution in [3.8, 4) is 0 Å². The van der Waals surface area contributed by atoms with Crippen LogP contribution in [0.1, 0.15) is 32.6 Å². The van der Waals surface area contributed by atoms with E-state index in [4.69, 9.17) is 0 Å². The van der Waals surface area contributed by atoms with Crippen LogP contribution >= 0.6 is 0 Å². The monoisotopic (exact) mass is 182 g/mol. The number of rotatable bonds is 3. The molecule has 2 heteroatoms. The maximum absolute atomic E-state index is 3.33. The van der Waals surface area contributed by atoms with Crippen LogP contribution in [0, 0.1) is 5.92 Å². The van der Waals surface area contributed by atoms with Gasteiger partial charge in [-0.2, -0.15) is 0 Å². The van der Waals surface area contributed by atoms with Crippen molar-refractivity contribution in [1.29, 1.82) is 0 Å².